The van der Waals surface area contributed by atoms with E-state index in [4.69, 9.17) is 0 Å². The number of amides is 1. The molecule has 1 aliphatic rings. The van der Waals surface area contributed by atoms with Crippen molar-refractivity contribution in [3.05, 3.63) is 70.1 Å². The summed E-state index contributed by atoms with van der Waals surface area (Å²) in [5.74, 6) is -0.820. The molecule has 0 aliphatic carbocycles. The Balaban J connectivity index is 1.55. The maximum atomic E-state index is 14.5. The molecule has 27 heavy (non-hydrogen) atoms. The van der Waals surface area contributed by atoms with E-state index in [0.717, 1.165) is 35.1 Å². The number of rotatable bonds is 4. The Morgan fingerprint density at radius 3 is 2.63 bits per heavy atom. The van der Waals surface area contributed by atoms with E-state index in [9.17, 15) is 9.18 Å². The standard InChI is InChI=1S/C21H19BrFN3O/c22-17-5-3-15(4-6-17)21(27)25-20-11-19-16(10-18(20)23)9-14(12-24-19)13-26-7-1-2-8-26/h3-6,9-12H,1-2,7-8,13H2,(H,25,27). The third-order valence-corrected chi connectivity index (χ3v) is 5.31. The molecule has 3 aromatic rings. The van der Waals surface area contributed by atoms with E-state index in [0.29, 0.717) is 11.1 Å². The molecule has 1 fully saturated rings. The van der Waals surface area contributed by atoms with Crippen molar-refractivity contribution in [2.45, 2.75) is 19.4 Å². The molecule has 1 aliphatic heterocycles. The number of likely N-dealkylation sites (tertiary alicyclic amines) is 1. The molecule has 2 heterocycles. The number of carbonyl (C=O) groups excluding carboxylic acids is 1. The fourth-order valence-corrected chi connectivity index (χ4v) is 3.64. The molecule has 1 N–H and O–H groups in total. The van der Waals surface area contributed by atoms with Crippen LogP contribution in [-0.2, 0) is 6.54 Å². The highest BCUT2D eigenvalue weighted by atomic mass is 79.9. The summed E-state index contributed by atoms with van der Waals surface area (Å²) in [5, 5.41) is 3.38. The summed E-state index contributed by atoms with van der Waals surface area (Å²) in [7, 11) is 0. The molecule has 6 heteroatoms. The molecule has 0 bridgehead atoms. The van der Waals surface area contributed by atoms with E-state index in [1.807, 2.05) is 12.3 Å². The molecule has 4 nitrogen and oxygen atoms in total. The van der Waals surface area contributed by atoms with Gasteiger partial charge in [0.25, 0.3) is 5.91 Å². The minimum Gasteiger partial charge on any atom is -0.319 e. The summed E-state index contributed by atoms with van der Waals surface area (Å²) in [6.45, 7) is 3.05. The number of halogens is 2. The van der Waals surface area contributed by atoms with Crippen molar-refractivity contribution in [1.82, 2.24) is 9.88 Å². The topological polar surface area (TPSA) is 45.2 Å². The number of aromatic nitrogens is 1. The lowest BCUT2D eigenvalue weighted by Crippen LogP contribution is -2.18. The first-order chi connectivity index (χ1) is 13.1. The lowest BCUT2D eigenvalue weighted by molar-refractivity contribution is 0.102. The second-order valence-electron chi connectivity index (χ2n) is 6.81. The van der Waals surface area contributed by atoms with Crippen LogP contribution in [0.25, 0.3) is 10.9 Å². The van der Waals surface area contributed by atoms with Gasteiger partial charge in [-0.15, -0.1) is 0 Å². The van der Waals surface area contributed by atoms with Crippen LogP contribution in [0.5, 0.6) is 0 Å². The number of hydrogen-bond acceptors (Lipinski definition) is 3. The summed E-state index contributed by atoms with van der Waals surface area (Å²) in [5.41, 5.74) is 2.34. The van der Waals surface area contributed by atoms with Crippen LogP contribution in [0.15, 0.2) is 53.1 Å². The van der Waals surface area contributed by atoms with Crippen molar-refractivity contribution in [1.29, 1.82) is 0 Å². The van der Waals surface area contributed by atoms with Crippen molar-refractivity contribution < 1.29 is 9.18 Å². The molecular formula is C21H19BrFN3O. The van der Waals surface area contributed by atoms with Crippen LogP contribution in [0.2, 0.25) is 0 Å². The van der Waals surface area contributed by atoms with Gasteiger partial charge in [0.1, 0.15) is 5.82 Å². The largest absolute Gasteiger partial charge is 0.319 e. The van der Waals surface area contributed by atoms with Gasteiger partial charge < -0.3 is 5.32 Å². The smallest absolute Gasteiger partial charge is 0.255 e. The quantitative estimate of drug-likeness (QED) is 0.637. The first kappa shape index (κ1) is 18.1. The van der Waals surface area contributed by atoms with Crippen LogP contribution in [0.4, 0.5) is 10.1 Å². The Kier molecular flexibility index (Phi) is 5.18. The number of fused-ring (bicyclic) bond motifs is 1. The van der Waals surface area contributed by atoms with Crippen LogP contribution < -0.4 is 5.32 Å². The number of nitrogens with one attached hydrogen (secondary N) is 1. The van der Waals surface area contributed by atoms with Gasteiger partial charge >= 0.3 is 0 Å². The van der Waals surface area contributed by atoms with E-state index in [2.05, 4.69) is 31.1 Å². The van der Waals surface area contributed by atoms with Gasteiger partial charge in [-0.05, 0) is 74.0 Å². The monoisotopic (exact) mass is 427 g/mol. The fraction of sp³-hybridized carbons (Fsp3) is 0.238. The zero-order valence-electron chi connectivity index (χ0n) is 14.7. The van der Waals surface area contributed by atoms with Crippen molar-refractivity contribution >= 4 is 38.4 Å². The van der Waals surface area contributed by atoms with Crippen molar-refractivity contribution in [3.63, 3.8) is 0 Å². The molecule has 0 spiro atoms. The average molecular weight is 428 g/mol. The van der Waals surface area contributed by atoms with Gasteiger partial charge in [0, 0.05) is 28.2 Å². The van der Waals surface area contributed by atoms with E-state index in [1.165, 1.54) is 18.9 Å². The van der Waals surface area contributed by atoms with Crippen LogP contribution in [0.3, 0.4) is 0 Å². The zero-order chi connectivity index (χ0) is 18.8. The zero-order valence-corrected chi connectivity index (χ0v) is 16.3. The van der Waals surface area contributed by atoms with Crippen molar-refractivity contribution in [2.75, 3.05) is 18.4 Å². The lowest BCUT2D eigenvalue weighted by Gasteiger charge is -2.15. The highest BCUT2D eigenvalue weighted by Crippen LogP contribution is 2.24. The number of benzene rings is 2. The molecule has 4 rings (SSSR count). The second kappa shape index (κ2) is 7.74. The molecule has 0 unspecified atom stereocenters. The summed E-state index contributed by atoms with van der Waals surface area (Å²) in [6.07, 6.45) is 4.30. The van der Waals surface area contributed by atoms with Gasteiger partial charge in [-0.3, -0.25) is 14.7 Å². The Morgan fingerprint density at radius 2 is 1.89 bits per heavy atom. The second-order valence-corrected chi connectivity index (χ2v) is 7.73. The predicted molar refractivity (Wildman–Crippen MR) is 108 cm³/mol. The number of nitrogens with zero attached hydrogens (tertiary/aromatic N) is 2. The third kappa shape index (κ3) is 4.17. The lowest BCUT2D eigenvalue weighted by atomic mass is 10.1. The summed E-state index contributed by atoms with van der Waals surface area (Å²) >= 11 is 3.33. The van der Waals surface area contributed by atoms with E-state index in [1.54, 1.807) is 30.3 Å². The normalized spacial score (nSPS) is 14.6. The van der Waals surface area contributed by atoms with Gasteiger partial charge in [0.2, 0.25) is 0 Å². The van der Waals surface area contributed by atoms with Crippen LogP contribution in [0.1, 0.15) is 28.8 Å². The maximum Gasteiger partial charge on any atom is 0.255 e. The average Bonchev–Trinajstić information content (AvgIpc) is 3.16. The Labute approximate surface area is 165 Å². The van der Waals surface area contributed by atoms with Crippen LogP contribution >= 0.6 is 15.9 Å². The number of anilines is 1. The minimum absolute atomic E-state index is 0.134. The Hall–Kier alpha value is -2.31. The van der Waals surface area contributed by atoms with Gasteiger partial charge in [0.05, 0.1) is 11.2 Å². The van der Waals surface area contributed by atoms with E-state index < -0.39 is 5.82 Å². The van der Waals surface area contributed by atoms with Crippen LogP contribution in [0, 0.1) is 5.82 Å². The Morgan fingerprint density at radius 1 is 1.15 bits per heavy atom. The SMILES string of the molecule is O=C(Nc1cc2ncc(CN3CCCC3)cc2cc1F)c1ccc(Br)cc1. The molecule has 1 saturated heterocycles. The molecule has 138 valence electrons. The maximum absolute atomic E-state index is 14.5. The number of carbonyl (C=O) groups is 1. The molecule has 2 aromatic carbocycles. The fourth-order valence-electron chi connectivity index (χ4n) is 3.37. The summed E-state index contributed by atoms with van der Waals surface area (Å²) < 4.78 is 15.4. The molecular weight excluding hydrogens is 409 g/mol. The highest BCUT2D eigenvalue weighted by Gasteiger charge is 2.14. The van der Waals surface area contributed by atoms with Gasteiger partial charge in [-0.1, -0.05) is 15.9 Å². The molecule has 1 amide bonds. The highest BCUT2D eigenvalue weighted by molar-refractivity contribution is 9.10. The van der Waals surface area contributed by atoms with Crippen molar-refractivity contribution in [3.8, 4) is 0 Å². The number of pyridine rings is 1. The van der Waals surface area contributed by atoms with Crippen LogP contribution in [-0.4, -0.2) is 28.9 Å². The molecule has 1 aromatic heterocycles. The van der Waals surface area contributed by atoms with Gasteiger partial charge in [-0.25, -0.2) is 4.39 Å². The number of hydrogen-bond donors (Lipinski definition) is 1. The first-order valence-electron chi connectivity index (χ1n) is 8.96. The first-order valence-corrected chi connectivity index (χ1v) is 9.75. The summed E-state index contributed by atoms with van der Waals surface area (Å²) in [6, 6.07) is 11.9. The molecule has 0 radical (unpaired) electrons. The van der Waals surface area contributed by atoms with Gasteiger partial charge in [-0.2, -0.15) is 0 Å². The van der Waals surface area contributed by atoms with Crippen molar-refractivity contribution in [2.24, 2.45) is 0 Å². The molecule has 0 saturated carbocycles. The minimum atomic E-state index is -0.465. The van der Waals surface area contributed by atoms with E-state index >= 15 is 0 Å². The third-order valence-electron chi connectivity index (χ3n) is 4.79. The molecule has 0 atom stereocenters. The Bertz CT molecular complexity index is 985. The van der Waals surface area contributed by atoms with Gasteiger partial charge in [0.15, 0.2) is 0 Å². The van der Waals surface area contributed by atoms with E-state index in [-0.39, 0.29) is 11.6 Å². The predicted octanol–water partition coefficient (Wildman–Crippen LogP) is 4.98. The summed E-state index contributed by atoms with van der Waals surface area (Å²) in [4.78, 5) is 19.2.